The third kappa shape index (κ3) is 3.77. The van der Waals surface area contributed by atoms with Gasteiger partial charge in [-0.25, -0.2) is 0 Å². The summed E-state index contributed by atoms with van der Waals surface area (Å²) in [6.45, 7) is 1.37. The zero-order valence-corrected chi connectivity index (χ0v) is 13.0. The van der Waals surface area contributed by atoms with Gasteiger partial charge in [0.2, 0.25) is 0 Å². The zero-order chi connectivity index (χ0) is 13.0. The average molecular weight is 354 g/mol. The Balaban J connectivity index is 2.03. The second kappa shape index (κ2) is 6.99. The number of rotatable bonds is 4. The van der Waals surface area contributed by atoms with E-state index in [1.165, 1.54) is 6.42 Å². The number of ether oxygens (including phenoxy) is 2. The Kier molecular flexibility index (Phi) is 5.61. The summed E-state index contributed by atoms with van der Waals surface area (Å²) < 4.78 is 11.4. The average Bonchev–Trinajstić information content (AvgIpc) is 2.38. The van der Waals surface area contributed by atoms with Gasteiger partial charge in [0.25, 0.3) is 0 Å². The maximum absolute atomic E-state index is 6.16. The van der Waals surface area contributed by atoms with Gasteiger partial charge < -0.3 is 9.47 Å². The van der Waals surface area contributed by atoms with Crippen molar-refractivity contribution in [3.8, 4) is 5.75 Å². The molecule has 2 rings (SSSR count). The standard InChI is InChI=1S/C13H15BrCl2O2/c14-7-9-5-10(15)6-12(16)13(9)18-8-11-3-1-2-4-17-11/h5-6,11H,1-4,7-8H2. The van der Waals surface area contributed by atoms with Crippen LogP contribution in [0.3, 0.4) is 0 Å². The maximum atomic E-state index is 6.16. The number of hydrogen-bond donors (Lipinski definition) is 0. The minimum atomic E-state index is 0.175. The molecule has 0 radical (unpaired) electrons. The lowest BCUT2D eigenvalue weighted by molar-refractivity contribution is -0.0111. The van der Waals surface area contributed by atoms with Crippen LogP contribution in [0.1, 0.15) is 24.8 Å². The predicted molar refractivity (Wildman–Crippen MR) is 78.2 cm³/mol. The van der Waals surface area contributed by atoms with Crippen molar-refractivity contribution in [1.29, 1.82) is 0 Å². The SMILES string of the molecule is Clc1cc(Cl)c(OCC2CCCCO2)c(CBr)c1. The predicted octanol–water partition coefficient (Wildman–Crippen LogP) is 4.84. The Morgan fingerprint density at radius 3 is 2.83 bits per heavy atom. The van der Waals surface area contributed by atoms with E-state index in [1.54, 1.807) is 6.07 Å². The topological polar surface area (TPSA) is 18.5 Å². The minimum Gasteiger partial charge on any atom is -0.489 e. The molecule has 0 N–H and O–H groups in total. The van der Waals surface area contributed by atoms with Gasteiger partial charge in [-0.3, -0.25) is 0 Å². The van der Waals surface area contributed by atoms with E-state index in [9.17, 15) is 0 Å². The molecule has 1 heterocycles. The third-order valence-electron chi connectivity index (χ3n) is 2.92. The highest BCUT2D eigenvalue weighted by Gasteiger charge is 2.17. The smallest absolute Gasteiger partial charge is 0.142 e. The Hall–Kier alpha value is 0.0400. The molecule has 1 aromatic rings. The van der Waals surface area contributed by atoms with Crippen LogP contribution in [0.4, 0.5) is 0 Å². The quantitative estimate of drug-likeness (QED) is 0.721. The van der Waals surface area contributed by atoms with Gasteiger partial charge in [0.15, 0.2) is 0 Å². The van der Waals surface area contributed by atoms with E-state index >= 15 is 0 Å². The van der Waals surface area contributed by atoms with Crippen LogP contribution in [0, 0.1) is 0 Å². The third-order valence-corrected chi connectivity index (χ3v) is 4.02. The molecular weight excluding hydrogens is 339 g/mol. The summed E-state index contributed by atoms with van der Waals surface area (Å²) in [7, 11) is 0. The molecule has 0 amide bonds. The van der Waals surface area contributed by atoms with Crippen LogP contribution in [0.25, 0.3) is 0 Å². The fourth-order valence-electron chi connectivity index (χ4n) is 1.99. The van der Waals surface area contributed by atoms with Gasteiger partial charge in [0.1, 0.15) is 12.4 Å². The summed E-state index contributed by atoms with van der Waals surface area (Å²) in [5.41, 5.74) is 0.961. The molecule has 1 unspecified atom stereocenters. The van der Waals surface area contributed by atoms with Gasteiger partial charge in [-0.2, -0.15) is 0 Å². The summed E-state index contributed by atoms with van der Waals surface area (Å²) in [6.07, 6.45) is 3.57. The molecule has 1 saturated heterocycles. The van der Waals surface area contributed by atoms with Gasteiger partial charge in [0, 0.05) is 22.5 Å². The molecule has 2 nitrogen and oxygen atoms in total. The molecule has 5 heteroatoms. The molecule has 1 fully saturated rings. The van der Waals surface area contributed by atoms with Crippen molar-refractivity contribution in [2.45, 2.75) is 30.7 Å². The first-order chi connectivity index (χ1) is 8.70. The van der Waals surface area contributed by atoms with Crippen LogP contribution in [0.15, 0.2) is 12.1 Å². The van der Waals surface area contributed by atoms with Crippen LogP contribution < -0.4 is 4.74 Å². The lowest BCUT2D eigenvalue weighted by Crippen LogP contribution is -2.26. The van der Waals surface area contributed by atoms with Crippen LogP contribution in [-0.4, -0.2) is 19.3 Å². The molecule has 0 bridgehead atoms. The zero-order valence-electron chi connectivity index (χ0n) is 9.93. The van der Waals surface area contributed by atoms with Crippen molar-refractivity contribution in [1.82, 2.24) is 0 Å². The van der Waals surface area contributed by atoms with E-state index in [2.05, 4.69) is 15.9 Å². The molecule has 1 aliphatic heterocycles. The van der Waals surface area contributed by atoms with Crippen LogP contribution >= 0.6 is 39.1 Å². The van der Waals surface area contributed by atoms with Crippen molar-refractivity contribution in [3.05, 3.63) is 27.7 Å². The highest BCUT2D eigenvalue weighted by atomic mass is 79.9. The number of halogens is 3. The second-order valence-corrected chi connectivity index (χ2v) is 5.71. The molecule has 0 aromatic heterocycles. The van der Waals surface area contributed by atoms with Gasteiger partial charge >= 0.3 is 0 Å². The van der Waals surface area contributed by atoms with E-state index in [1.807, 2.05) is 6.07 Å². The second-order valence-electron chi connectivity index (χ2n) is 4.31. The number of hydrogen-bond acceptors (Lipinski definition) is 2. The summed E-state index contributed by atoms with van der Waals surface area (Å²) in [5.74, 6) is 0.701. The lowest BCUT2D eigenvalue weighted by atomic mass is 10.1. The highest BCUT2D eigenvalue weighted by molar-refractivity contribution is 9.08. The molecule has 1 aliphatic rings. The van der Waals surface area contributed by atoms with Crippen molar-refractivity contribution in [2.24, 2.45) is 0 Å². The lowest BCUT2D eigenvalue weighted by Gasteiger charge is -2.23. The molecule has 1 atom stereocenters. The van der Waals surface area contributed by atoms with Crippen molar-refractivity contribution in [2.75, 3.05) is 13.2 Å². The Bertz CT molecular complexity index is 406. The van der Waals surface area contributed by atoms with Crippen LogP contribution in [-0.2, 0) is 10.1 Å². The number of alkyl halides is 1. The largest absolute Gasteiger partial charge is 0.489 e. The fraction of sp³-hybridized carbons (Fsp3) is 0.538. The molecule has 0 saturated carbocycles. The van der Waals surface area contributed by atoms with E-state index < -0.39 is 0 Å². The summed E-state index contributed by atoms with van der Waals surface area (Å²) in [5, 5.41) is 1.83. The van der Waals surface area contributed by atoms with Gasteiger partial charge in [-0.1, -0.05) is 39.1 Å². The normalized spacial score (nSPS) is 19.8. The van der Waals surface area contributed by atoms with Gasteiger partial charge in [-0.15, -0.1) is 0 Å². The molecule has 0 spiro atoms. The first kappa shape index (κ1) is 14.4. The molecule has 18 heavy (non-hydrogen) atoms. The van der Waals surface area contributed by atoms with Crippen LogP contribution in [0.5, 0.6) is 5.75 Å². The summed E-state index contributed by atoms with van der Waals surface area (Å²) in [6, 6.07) is 3.56. The Morgan fingerprint density at radius 2 is 2.17 bits per heavy atom. The van der Waals surface area contributed by atoms with E-state index in [0.29, 0.717) is 27.7 Å². The number of benzene rings is 1. The Labute approximate surface area is 126 Å². The molecule has 100 valence electrons. The van der Waals surface area contributed by atoms with Crippen molar-refractivity contribution < 1.29 is 9.47 Å². The first-order valence-corrected chi connectivity index (χ1v) is 7.86. The van der Waals surface area contributed by atoms with Crippen molar-refractivity contribution in [3.63, 3.8) is 0 Å². The monoisotopic (exact) mass is 352 g/mol. The first-order valence-electron chi connectivity index (χ1n) is 5.99. The van der Waals surface area contributed by atoms with Gasteiger partial charge in [0.05, 0.1) is 11.1 Å². The molecule has 1 aromatic carbocycles. The summed E-state index contributed by atoms with van der Waals surface area (Å²) >= 11 is 15.5. The van der Waals surface area contributed by atoms with Crippen LogP contribution in [0.2, 0.25) is 10.0 Å². The fourth-order valence-corrected chi connectivity index (χ4v) is 3.00. The van der Waals surface area contributed by atoms with Crippen molar-refractivity contribution >= 4 is 39.1 Å². The molecule has 0 aliphatic carbocycles. The van der Waals surface area contributed by atoms with E-state index in [4.69, 9.17) is 32.7 Å². The van der Waals surface area contributed by atoms with E-state index in [-0.39, 0.29) is 6.10 Å². The highest BCUT2D eigenvalue weighted by Crippen LogP contribution is 2.34. The minimum absolute atomic E-state index is 0.175. The van der Waals surface area contributed by atoms with Gasteiger partial charge in [-0.05, 0) is 31.4 Å². The maximum Gasteiger partial charge on any atom is 0.142 e. The Morgan fingerprint density at radius 1 is 1.33 bits per heavy atom. The van der Waals surface area contributed by atoms with E-state index in [0.717, 1.165) is 25.0 Å². The summed E-state index contributed by atoms with van der Waals surface area (Å²) in [4.78, 5) is 0. The molecular formula is C13H15BrCl2O2.